The van der Waals surface area contributed by atoms with E-state index < -0.39 is 5.91 Å². The number of rotatable bonds is 5. The lowest BCUT2D eigenvalue weighted by atomic mass is 10.0. The molecule has 3 aromatic rings. The molecule has 0 saturated heterocycles. The van der Waals surface area contributed by atoms with Crippen LogP contribution in [0.3, 0.4) is 0 Å². The van der Waals surface area contributed by atoms with Crippen molar-refractivity contribution in [2.75, 3.05) is 18.6 Å². The first-order chi connectivity index (χ1) is 14.6. The van der Waals surface area contributed by atoms with Gasteiger partial charge in [0.2, 0.25) is 0 Å². The number of thiophene rings is 1. The zero-order valence-corrected chi connectivity index (χ0v) is 17.1. The van der Waals surface area contributed by atoms with Crippen LogP contribution in [0.2, 0.25) is 0 Å². The van der Waals surface area contributed by atoms with Crippen molar-refractivity contribution in [3.8, 4) is 5.75 Å². The predicted octanol–water partition coefficient (Wildman–Crippen LogP) is 4.01. The first-order valence-electron chi connectivity index (χ1n) is 9.40. The molecule has 0 radical (unpaired) electrons. The van der Waals surface area contributed by atoms with Gasteiger partial charge in [-0.2, -0.15) is 0 Å². The highest BCUT2D eigenvalue weighted by Crippen LogP contribution is 2.34. The molecular formula is C23H20N2O4S. The van der Waals surface area contributed by atoms with E-state index in [1.807, 2.05) is 53.9 Å². The van der Waals surface area contributed by atoms with Crippen molar-refractivity contribution in [3.63, 3.8) is 0 Å². The Morgan fingerprint density at radius 2 is 1.93 bits per heavy atom. The summed E-state index contributed by atoms with van der Waals surface area (Å²) >= 11 is 1.56. The summed E-state index contributed by atoms with van der Waals surface area (Å²) in [6.07, 6.45) is 2.43. The molecule has 7 heteroatoms. The van der Waals surface area contributed by atoms with E-state index in [1.165, 1.54) is 0 Å². The fraction of sp³-hybridized carbons (Fsp3) is 0.130. The van der Waals surface area contributed by atoms with Gasteiger partial charge in [-0.1, -0.05) is 24.3 Å². The van der Waals surface area contributed by atoms with Crippen LogP contribution in [0.1, 0.15) is 26.4 Å². The Balaban J connectivity index is 1.75. The van der Waals surface area contributed by atoms with Crippen LogP contribution in [0, 0.1) is 0 Å². The predicted molar refractivity (Wildman–Crippen MR) is 117 cm³/mol. The molecule has 1 aliphatic heterocycles. The normalized spacial score (nSPS) is 13.1. The molecule has 2 aromatic carbocycles. The van der Waals surface area contributed by atoms with Gasteiger partial charge in [-0.3, -0.25) is 14.8 Å². The second kappa shape index (κ2) is 8.52. The number of nitrogens with one attached hydrogen (secondary N) is 1. The van der Waals surface area contributed by atoms with E-state index in [-0.39, 0.29) is 5.91 Å². The number of ether oxygens (including phenoxy) is 1. The van der Waals surface area contributed by atoms with Crippen molar-refractivity contribution in [2.45, 2.75) is 6.42 Å². The van der Waals surface area contributed by atoms with Gasteiger partial charge >= 0.3 is 0 Å². The monoisotopic (exact) mass is 420 g/mol. The Morgan fingerprint density at radius 3 is 2.60 bits per heavy atom. The largest absolute Gasteiger partial charge is 0.497 e. The molecular weight excluding hydrogens is 400 g/mol. The molecule has 0 fully saturated rings. The average molecular weight is 420 g/mol. The maximum Gasteiger partial charge on any atom is 0.274 e. The fourth-order valence-electron chi connectivity index (χ4n) is 3.62. The highest BCUT2D eigenvalue weighted by molar-refractivity contribution is 7.11. The van der Waals surface area contributed by atoms with Crippen molar-refractivity contribution in [3.05, 3.63) is 81.5 Å². The van der Waals surface area contributed by atoms with Crippen LogP contribution in [0.4, 0.5) is 5.69 Å². The Bertz CT molecular complexity index is 1100. The summed E-state index contributed by atoms with van der Waals surface area (Å²) in [5.74, 6) is -0.00706. The molecule has 0 bridgehead atoms. The number of methoxy groups -OCH3 is 1. The van der Waals surface area contributed by atoms with Crippen LogP contribution < -0.4 is 15.1 Å². The number of nitrogens with zero attached hydrogens (tertiary/aromatic N) is 1. The minimum absolute atomic E-state index is 0.145. The highest BCUT2D eigenvalue weighted by Gasteiger charge is 2.30. The van der Waals surface area contributed by atoms with E-state index in [1.54, 1.807) is 41.0 Å². The second-order valence-corrected chi connectivity index (χ2v) is 7.73. The molecule has 1 aromatic heterocycles. The van der Waals surface area contributed by atoms with Crippen molar-refractivity contribution >= 4 is 40.5 Å². The van der Waals surface area contributed by atoms with Gasteiger partial charge in [-0.15, -0.1) is 11.3 Å². The number of amides is 2. The zero-order valence-electron chi connectivity index (χ0n) is 16.3. The summed E-state index contributed by atoms with van der Waals surface area (Å²) in [6, 6.07) is 16.5. The number of hydrogen-bond acceptors (Lipinski definition) is 5. The Labute approximate surface area is 178 Å². The van der Waals surface area contributed by atoms with Crippen LogP contribution in [0.25, 0.3) is 11.6 Å². The van der Waals surface area contributed by atoms with E-state index in [0.29, 0.717) is 35.5 Å². The third kappa shape index (κ3) is 3.72. The molecule has 0 saturated carbocycles. The Hall–Kier alpha value is -3.42. The van der Waals surface area contributed by atoms with E-state index >= 15 is 0 Å². The zero-order chi connectivity index (χ0) is 21.1. The minimum Gasteiger partial charge on any atom is -0.497 e. The number of anilines is 1. The van der Waals surface area contributed by atoms with Crippen molar-refractivity contribution < 1.29 is 19.5 Å². The average Bonchev–Trinajstić information content (AvgIpc) is 3.46. The van der Waals surface area contributed by atoms with Gasteiger partial charge in [0.15, 0.2) is 0 Å². The van der Waals surface area contributed by atoms with Crippen molar-refractivity contribution in [1.29, 1.82) is 0 Å². The molecule has 2 amide bonds. The lowest BCUT2D eigenvalue weighted by Gasteiger charge is -2.20. The van der Waals surface area contributed by atoms with Crippen molar-refractivity contribution in [1.82, 2.24) is 5.48 Å². The number of fused-ring (bicyclic) bond motifs is 1. The third-order valence-corrected chi connectivity index (χ3v) is 5.90. The molecule has 4 rings (SSSR count). The fourth-order valence-corrected chi connectivity index (χ4v) is 4.28. The van der Waals surface area contributed by atoms with Gasteiger partial charge in [-0.25, -0.2) is 5.48 Å². The van der Waals surface area contributed by atoms with Gasteiger partial charge in [0.05, 0.1) is 7.11 Å². The summed E-state index contributed by atoms with van der Waals surface area (Å²) < 4.78 is 5.24. The number of hydrogen-bond donors (Lipinski definition) is 2. The highest BCUT2D eigenvalue weighted by atomic mass is 32.1. The molecule has 0 atom stereocenters. The molecule has 30 heavy (non-hydrogen) atoms. The Kier molecular flexibility index (Phi) is 5.65. The lowest BCUT2D eigenvalue weighted by Crippen LogP contribution is -2.29. The summed E-state index contributed by atoms with van der Waals surface area (Å²) in [5, 5.41) is 11.0. The lowest BCUT2D eigenvalue weighted by molar-refractivity contribution is -0.113. The number of benzene rings is 2. The summed E-state index contributed by atoms with van der Waals surface area (Å²) in [6.45, 7) is 0.460. The van der Waals surface area contributed by atoms with Gasteiger partial charge < -0.3 is 9.64 Å². The first kappa shape index (κ1) is 19.9. The SMILES string of the molecule is COc1ccc(/C(=C/c2cccs2)C(=O)N2CCc3c(C(=O)NO)cccc32)cc1. The summed E-state index contributed by atoms with van der Waals surface area (Å²) in [4.78, 5) is 28.3. The van der Waals surface area contributed by atoms with Crippen LogP contribution in [0.15, 0.2) is 60.0 Å². The minimum atomic E-state index is -0.578. The number of carbonyl (C=O) groups excluding carboxylic acids is 2. The molecule has 1 aliphatic rings. The van der Waals surface area contributed by atoms with Gasteiger partial charge in [0.1, 0.15) is 5.75 Å². The number of carbonyl (C=O) groups is 2. The smallest absolute Gasteiger partial charge is 0.274 e. The van der Waals surface area contributed by atoms with Gasteiger partial charge in [0.25, 0.3) is 11.8 Å². The second-order valence-electron chi connectivity index (χ2n) is 6.75. The Morgan fingerprint density at radius 1 is 1.13 bits per heavy atom. The van der Waals surface area contributed by atoms with E-state index in [0.717, 1.165) is 16.0 Å². The molecule has 2 heterocycles. The van der Waals surface area contributed by atoms with Crippen molar-refractivity contribution in [2.24, 2.45) is 0 Å². The van der Waals surface area contributed by atoms with E-state index in [9.17, 15) is 9.59 Å². The first-order valence-corrected chi connectivity index (χ1v) is 10.3. The molecule has 2 N–H and O–H groups in total. The third-order valence-electron chi connectivity index (χ3n) is 5.08. The molecule has 6 nitrogen and oxygen atoms in total. The van der Waals surface area contributed by atoms with Crippen LogP contribution in [-0.2, 0) is 11.2 Å². The summed E-state index contributed by atoms with van der Waals surface area (Å²) in [7, 11) is 1.60. The van der Waals surface area contributed by atoms with E-state index in [4.69, 9.17) is 9.94 Å². The van der Waals surface area contributed by atoms with Crippen LogP contribution >= 0.6 is 11.3 Å². The topological polar surface area (TPSA) is 78.9 Å². The maximum absolute atomic E-state index is 13.6. The van der Waals surface area contributed by atoms with Crippen LogP contribution in [0.5, 0.6) is 5.75 Å². The summed E-state index contributed by atoms with van der Waals surface area (Å²) in [5.41, 5.74) is 4.84. The van der Waals surface area contributed by atoms with E-state index in [2.05, 4.69) is 0 Å². The molecule has 0 unspecified atom stereocenters. The standard InChI is InChI=1S/C23H20N2O4S/c1-29-16-9-7-15(8-10-16)20(14-17-4-3-13-30-17)23(27)25-12-11-18-19(22(26)24-28)5-2-6-21(18)25/h2-10,13-14,28H,11-12H2,1H3,(H,24,26)/b20-14-. The molecule has 0 spiro atoms. The number of hydroxylamine groups is 1. The molecule has 0 aliphatic carbocycles. The molecule has 152 valence electrons. The van der Waals surface area contributed by atoms with Crippen LogP contribution in [-0.4, -0.2) is 30.7 Å². The maximum atomic E-state index is 13.6. The van der Waals surface area contributed by atoms with Gasteiger partial charge in [-0.05, 0) is 59.3 Å². The van der Waals surface area contributed by atoms with Gasteiger partial charge in [0, 0.05) is 28.2 Å². The quantitative estimate of drug-likeness (QED) is 0.371.